The molecule has 0 fully saturated rings. The normalized spacial score (nSPS) is 13.1. The maximum atomic E-state index is 6.14. The van der Waals surface area contributed by atoms with E-state index in [-0.39, 0.29) is 0 Å². The highest BCUT2D eigenvalue weighted by Crippen LogP contribution is 2.36. The number of hydrogen-bond donors (Lipinski definition) is 0. The molecule has 0 aliphatic heterocycles. The van der Waals surface area contributed by atoms with Crippen LogP contribution in [0, 0.1) is 9.99 Å². The third-order valence-electron chi connectivity index (χ3n) is 3.36. The SMILES string of the molecule is CC(C)(C)[Si](C)(C)OCC[CH]c1sccc1I. The molecule has 0 spiro atoms. The summed E-state index contributed by atoms with van der Waals surface area (Å²) in [6.45, 7) is 12.3. The zero-order valence-electron chi connectivity index (χ0n) is 11.3. The first kappa shape index (κ1) is 15.7. The second kappa shape index (κ2) is 6.17. The largest absolute Gasteiger partial charge is 0.417 e. The van der Waals surface area contributed by atoms with Gasteiger partial charge >= 0.3 is 0 Å². The average Bonchev–Trinajstić information content (AvgIpc) is 2.57. The van der Waals surface area contributed by atoms with Gasteiger partial charge in [-0.3, -0.25) is 0 Å². The van der Waals surface area contributed by atoms with Crippen LogP contribution >= 0.6 is 33.9 Å². The Morgan fingerprint density at radius 1 is 1.41 bits per heavy atom. The standard InChI is InChI=1S/C13H22IOSSi/c1-13(2,3)17(4,5)15-9-6-7-12-11(14)8-10-16-12/h7-8,10H,6,9H2,1-5H3. The van der Waals surface area contributed by atoms with E-state index in [2.05, 4.69) is 74.3 Å². The molecule has 17 heavy (non-hydrogen) atoms. The second-order valence-corrected chi connectivity index (χ2v) is 12.7. The van der Waals surface area contributed by atoms with Crippen LogP contribution in [-0.2, 0) is 4.43 Å². The summed E-state index contributed by atoms with van der Waals surface area (Å²) in [5.74, 6) is 0. The van der Waals surface area contributed by atoms with Crippen molar-refractivity contribution in [2.75, 3.05) is 6.61 Å². The average molecular weight is 381 g/mol. The van der Waals surface area contributed by atoms with Crippen LogP contribution in [0.2, 0.25) is 18.1 Å². The molecule has 0 aliphatic carbocycles. The second-order valence-electron chi connectivity index (χ2n) is 5.73. The van der Waals surface area contributed by atoms with Gasteiger partial charge in [0.05, 0.1) is 0 Å². The van der Waals surface area contributed by atoms with Gasteiger partial charge in [-0.15, -0.1) is 11.3 Å². The highest BCUT2D eigenvalue weighted by molar-refractivity contribution is 14.1. The Morgan fingerprint density at radius 2 is 2.06 bits per heavy atom. The molecule has 0 bridgehead atoms. The van der Waals surface area contributed by atoms with Crippen LogP contribution in [-0.4, -0.2) is 14.9 Å². The van der Waals surface area contributed by atoms with Crippen molar-refractivity contribution in [1.82, 2.24) is 0 Å². The lowest BCUT2D eigenvalue weighted by atomic mass is 10.2. The summed E-state index contributed by atoms with van der Waals surface area (Å²) in [4.78, 5) is 1.38. The molecular formula is C13H22IOSSi. The Balaban J connectivity index is 2.32. The Bertz CT molecular complexity index is 355. The predicted octanol–water partition coefficient (Wildman–Crippen LogP) is 5.32. The van der Waals surface area contributed by atoms with Crippen LogP contribution in [0.25, 0.3) is 0 Å². The lowest BCUT2D eigenvalue weighted by Gasteiger charge is -2.36. The monoisotopic (exact) mass is 381 g/mol. The van der Waals surface area contributed by atoms with E-state index in [1.54, 1.807) is 11.3 Å². The Morgan fingerprint density at radius 3 is 2.53 bits per heavy atom. The summed E-state index contributed by atoms with van der Waals surface area (Å²) in [5, 5.41) is 2.45. The van der Waals surface area contributed by atoms with Gasteiger partial charge in [0.25, 0.3) is 0 Å². The van der Waals surface area contributed by atoms with Crippen molar-refractivity contribution < 1.29 is 4.43 Å². The van der Waals surface area contributed by atoms with Crippen molar-refractivity contribution >= 4 is 42.2 Å². The Labute approximate surface area is 124 Å². The maximum absolute atomic E-state index is 6.14. The molecule has 0 aromatic carbocycles. The topological polar surface area (TPSA) is 9.23 Å². The van der Waals surface area contributed by atoms with Crippen molar-refractivity contribution in [2.24, 2.45) is 0 Å². The smallest absolute Gasteiger partial charge is 0.191 e. The Hall–Kier alpha value is 0.607. The zero-order valence-corrected chi connectivity index (χ0v) is 15.3. The predicted molar refractivity (Wildman–Crippen MR) is 88.2 cm³/mol. The van der Waals surface area contributed by atoms with Gasteiger partial charge in [-0.25, -0.2) is 0 Å². The molecule has 4 heteroatoms. The fourth-order valence-electron chi connectivity index (χ4n) is 1.17. The van der Waals surface area contributed by atoms with E-state index in [9.17, 15) is 0 Å². The van der Waals surface area contributed by atoms with Gasteiger partial charge in [-0.1, -0.05) is 20.8 Å². The molecule has 1 radical (unpaired) electrons. The van der Waals surface area contributed by atoms with E-state index >= 15 is 0 Å². The van der Waals surface area contributed by atoms with E-state index in [4.69, 9.17) is 4.43 Å². The molecule has 1 rings (SSSR count). The summed E-state index contributed by atoms with van der Waals surface area (Å²) in [7, 11) is -1.56. The Kier molecular flexibility index (Phi) is 5.68. The maximum Gasteiger partial charge on any atom is 0.191 e. The van der Waals surface area contributed by atoms with Gasteiger partial charge in [0.2, 0.25) is 0 Å². The van der Waals surface area contributed by atoms with Gasteiger partial charge in [-0.2, -0.15) is 0 Å². The molecular weight excluding hydrogens is 359 g/mol. The van der Waals surface area contributed by atoms with Crippen molar-refractivity contribution in [3.05, 3.63) is 26.3 Å². The van der Waals surface area contributed by atoms with E-state index in [0.717, 1.165) is 13.0 Å². The minimum absolute atomic E-state index is 0.310. The molecule has 1 aromatic heterocycles. The van der Waals surface area contributed by atoms with Gasteiger partial charge in [0.1, 0.15) is 0 Å². The van der Waals surface area contributed by atoms with E-state index in [1.807, 2.05) is 0 Å². The third-order valence-corrected chi connectivity index (χ3v) is 10.1. The van der Waals surface area contributed by atoms with Crippen LogP contribution in [0.1, 0.15) is 32.1 Å². The van der Waals surface area contributed by atoms with Crippen molar-refractivity contribution in [2.45, 2.75) is 45.3 Å². The fraction of sp³-hybridized carbons (Fsp3) is 0.615. The number of rotatable bonds is 5. The van der Waals surface area contributed by atoms with Crippen LogP contribution in [0.3, 0.4) is 0 Å². The summed E-state index contributed by atoms with van der Waals surface area (Å²) < 4.78 is 7.49. The molecule has 0 unspecified atom stereocenters. The molecule has 0 amide bonds. The molecule has 1 heterocycles. The van der Waals surface area contributed by atoms with Crippen molar-refractivity contribution in [1.29, 1.82) is 0 Å². The summed E-state index contributed by atoms with van der Waals surface area (Å²) >= 11 is 4.19. The van der Waals surface area contributed by atoms with Gasteiger partial charge in [-0.05, 0) is 58.6 Å². The summed E-state index contributed by atoms with van der Waals surface area (Å²) in [5.41, 5.74) is 0. The molecule has 0 aliphatic rings. The van der Waals surface area contributed by atoms with Crippen molar-refractivity contribution in [3.8, 4) is 0 Å². The van der Waals surface area contributed by atoms with E-state index < -0.39 is 8.32 Å². The molecule has 1 aromatic rings. The van der Waals surface area contributed by atoms with E-state index in [1.165, 1.54) is 8.45 Å². The number of halogens is 1. The van der Waals surface area contributed by atoms with Crippen LogP contribution in [0.5, 0.6) is 0 Å². The number of hydrogen-bond acceptors (Lipinski definition) is 2. The first-order chi connectivity index (χ1) is 7.74. The zero-order chi connectivity index (χ0) is 13.1. The first-order valence-corrected chi connectivity index (χ1v) is 10.8. The van der Waals surface area contributed by atoms with Crippen LogP contribution < -0.4 is 0 Å². The van der Waals surface area contributed by atoms with Crippen LogP contribution in [0.4, 0.5) is 0 Å². The van der Waals surface area contributed by atoms with Gasteiger partial charge in [0.15, 0.2) is 8.32 Å². The molecule has 0 atom stereocenters. The summed E-state index contributed by atoms with van der Waals surface area (Å²) in [6, 6.07) is 2.16. The molecule has 0 saturated heterocycles. The molecule has 0 N–H and O–H groups in total. The highest BCUT2D eigenvalue weighted by atomic mass is 127. The minimum Gasteiger partial charge on any atom is -0.417 e. The lowest BCUT2D eigenvalue weighted by Crippen LogP contribution is -2.40. The molecule has 97 valence electrons. The molecule has 1 nitrogen and oxygen atoms in total. The van der Waals surface area contributed by atoms with Gasteiger partial charge in [0, 0.05) is 21.5 Å². The van der Waals surface area contributed by atoms with E-state index in [0.29, 0.717) is 5.04 Å². The lowest BCUT2D eigenvalue weighted by molar-refractivity contribution is 0.291. The van der Waals surface area contributed by atoms with Crippen LogP contribution in [0.15, 0.2) is 11.4 Å². The minimum atomic E-state index is -1.56. The third kappa shape index (κ3) is 4.65. The summed E-state index contributed by atoms with van der Waals surface area (Å²) in [6.07, 6.45) is 3.31. The quantitative estimate of drug-likeness (QED) is 0.381. The molecule has 0 saturated carbocycles. The number of thiophene rings is 1. The van der Waals surface area contributed by atoms with Crippen molar-refractivity contribution in [3.63, 3.8) is 0 Å². The van der Waals surface area contributed by atoms with Gasteiger partial charge < -0.3 is 4.43 Å². The highest BCUT2D eigenvalue weighted by Gasteiger charge is 2.36. The fourth-order valence-corrected chi connectivity index (χ4v) is 4.00. The first-order valence-electron chi connectivity index (χ1n) is 5.94.